The number of esters is 2. The smallest absolute Gasteiger partial charge is 0.462 e. The number of hydrogen-bond donors (Lipinski definition) is 7. The molecule has 0 aliphatic carbocycles. The molecule has 1 fully saturated rings. The summed E-state index contributed by atoms with van der Waals surface area (Å²) in [4.78, 5) is 62.0. The summed E-state index contributed by atoms with van der Waals surface area (Å²) >= 11 is 0. The maximum Gasteiger partial charge on any atom is 0.481 e. The third-order valence-corrected chi connectivity index (χ3v) is 14.4. The topological polar surface area (TPSA) is 306 Å². The second-order valence-electron chi connectivity index (χ2n) is 18.9. The van der Waals surface area contributed by atoms with Gasteiger partial charge >= 0.3 is 33.3 Å². The fraction of sp³-hybridized carbons (Fsp3) is 0.725. The molecule has 2 heterocycles. The number of nitrogen functional groups attached to an aromatic ring is 1. The van der Waals surface area contributed by atoms with Crippen LogP contribution in [0.15, 0.2) is 65.7 Å². The summed E-state index contributed by atoms with van der Waals surface area (Å²) in [6.07, 6.45) is 26.7. The van der Waals surface area contributed by atoms with E-state index in [1.807, 2.05) is 6.08 Å². The molecule has 22 heteroatoms. The Morgan fingerprint density at radius 2 is 1.34 bits per heavy atom. The number of carbonyl (C=O) groups excluding carboxylic acids is 2. The number of aliphatic hydroxyl groups is 4. The van der Waals surface area contributed by atoms with Gasteiger partial charge in [-0.15, -0.1) is 0 Å². The zero-order valence-electron chi connectivity index (χ0n) is 43.3. The lowest BCUT2D eigenvalue weighted by Crippen LogP contribution is -2.36. The lowest BCUT2D eigenvalue weighted by atomic mass is 10.0. The standard InChI is InChI=1S/C51H87N3O17P2/c1-4-5-6-7-18-23-29-41(55)30-24-20-21-25-31-42(56)32-27-34-47(58)69-43(37-66-46(57)33-26-19-16-14-12-10-8-9-11-13-15-17-22-28-40(2)3)38-67-72(62,63)71-73(64,65)68-39-44-48(59)49(60)50(70-44)54-36-35-45(52)53-51(54)61/h18,20-21,23-25,30-31,35-36,40-44,48-50,55-56,59-60H,4-17,19,22,26-29,32-34,37-39H2,1-3H3,(H,62,63)(H,64,65)(H2,52,53,61)/b21-20+,23-18-,30-24+,31-25-/t41-,42-,43+,44+,48+,49+,50+/m0/s1. The van der Waals surface area contributed by atoms with E-state index in [4.69, 9.17) is 29.0 Å². The number of nitrogens with zero attached hydrogens (tertiary/aromatic N) is 2. The molecule has 20 nitrogen and oxygen atoms in total. The van der Waals surface area contributed by atoms with Gasteiger partial charge in [-0.3, -0.25) is 23.2 Å². The highest BCUT2D eigenvalue weighted by atomic mass is 31.3. The average Bonchev–Trinajstić information content (AvgIpc) is 3.60. The summed E-state index contributed by atoms with van der Waals surface area (Å²) in [7, 11) is -11.0. The number of rotatable bonds is 42. The Morgan fingerprint density at radius 3 is 1.96 bits per heavy atom. The van der Waals surface area contributed by atoms with Crippen molar-refractivity contribution in [2.24, 2.45) is 5.92 Å². The van der Waals surface area contributed by atoms with Crippen molar-refractivity contribution in [3.05, 3.63) is 71.4 Å². The normalized spacial score (nSPS) is 20.3. The number of hydrogen-bond acceptors (Lipinski definition) is 17. The molecule has 1 aromatic rings. The van der Waals surface area contributed by atoms with Crippen LogP contribution in [-0.2, 0) is 46.3 Å². The molecule has 2 unspecified atom stereocenters. The van der Waals surface area contributed by atoms with E-state index in [2.05, 4.69) is 36.1 Å². The second kappa shape index (κ2) is 38.2. The van der Waals surface area contributed by atoms with Gasteiger partial charge in [-0.2, -0.15) is 9.29 Å². The van der Waals surface area contributed by atoms with E-state index in [1.165, 1.54) is 76.4 Å². The Labute approximate surface area is 432 Å². The number of aromatic nitrogens is 2. The molecular formula is C51H87N3O17P2. The minimum Gasteiger partial charge on any atom is -0.462 e. The molecule has 0 radical (unpaired) electrons. The van der Waals surface area contributed by atoms with Gasteiger partial charge in [-0.05, 0) is 50.5 Å². The largest absolute Gasteiger partial charge is 0.481 e. The van der Waals surface area contributed by atoms with Gasteiger partial charge in [0.25, 0.3) is 0 Å². The Balaban J connectivity index is 1.86. The van der Waals surface area contributed by atoms with Crippen molar-refractivity contribution >= 4 is 33.4 Å². The van der Waals surface area contributed by atoms with E-state index in [9.17, 15) is 53.7 Å². The van der Waals surface area contributed by atoms with E-state index < -0.39 is 95.9 Å². The number of carbonyl (C=O) groups is 2. The second-order valence-corrected chi connectivity index (χ2v) is 22.0. The summed E-state index contributed by atoms with van der Waals surface area (Å²) in [5, 5.41) is 41.4. The van der Waals surface area contributed by atoms with E-state index in [1.54, 1.807) is 30.4 Å². The third-order valence-electron chi connectivity index (χ3n) is 11.8. The van der Waals surface area contributed by atoms with Gasteiger partial charge in [-0.1, -0.05) is 166 Å². The van der Waals surface area contributed by atoms with Gasteiger partial charge in [0.05, 0.1) is 25.4 Å². The highest BCUT2D eigenvalue weighted by Gasteiger charge is 2.46. The quantitative estimate of drug-likeness (QED) is 0.0106. The molecule has 0 spiro atoms. The van der Waals surface area contributed by atoms with Crippen LogP contribution in [0.1, 0.15) is 175 Å². The average molecular weight is 1080 g/mol. The molecule has 0 aromatic carbocycles. The lowest BCUT2D eigenvalue weighted by Gasteiger charge is -2.21. The van der Waals surface area contributed by atoms with Crippen LogP contribution in [0.3, 0.4) is 0 Å². The van der Waals surface area contributed by atoms with Crippen molar-refractivity contribution < 1.29 is 76.5 Å². The van der Waals surface area contributed by atoms with Crippen molar-refractivity contribution in [1.82, 2.24) is 9.55 Å². The van der Waals surface area contributed by atoms with Crippen molar-refractivity contribution in [3.63, 3.8) is 0 Å². The van der Waals surface area contributed by atoms with Crippen LogP contribution >= 0.6 is 15.6 Å². The Kier molecular flexibility index (Phi) is 34.4. The van der Waals surface area contributed by atoms with Gasteiger partial charge in [0, 0.05) is 19.0 Å². The third kappa shape index (κ3) is 32.0. The van der Waals surface area contributed by atoms with E-state index in [0.29, 0.717) is 12.8 Å². The predicted molar refractivity (Wildman–Crippen MR) is 278 cm³/mol. The molecule has 73 heavy (non-hydrogen) atoms. The Morgan fingerprint density at radius 1 is 0.753 bits per heavy atom. The van der Waals surface area contributed by atoms with Crippen molar-refractivity contribution in [2.45, 2.75) is 211 Å². The first kappa shape index (κ1) is 65.8. The number of allylic oxidation sites excluding steroid dienone is 5. The van der Waals surface area contributed by atoms with E-state index in [0.717, 1.165) is 61.6 Å². The van der Waals surface area contributed by atoms with E-state index >= 15 is 0 Å². The zero-order chi connectivity index (χ0) is 53.9. The first-order valence-electron chi connectivity index (χ1n) is 26.2. The Bertz CT molecular complexity index is 1960. The molecule has 2 rings (SSSR count). The molecule has 418 valence electrons. The van der Waals surface area contributed by atoms with Crippen molar-refractivity contribution in [3.8, 4) is 0 Å². The zero-order valence-corrected chi connectivity index (χ0v) is 45.1. The maximum absolute atomic E-state index is 12.9. The van der Waals surface area contributed by atoms with Crippen LogP contribution in [0.5, 0.6) is 0 Å². The number of anilines is 1. The summed E-state index contributed by atoms with van der Waals surface area (Å²) in [5.41, 5.74) is 4.57. The molecule has 0 saturated carbocycles. The number of nitrogens with two attached hydrogens (primary N) is 1. The summed E-state index contributed by atoms with van der Waals surface area (Å²) in [6.45, 7) is 4.17. The maximum atomic E-state index is 12.9. The van der Waals surface area contributed by atoms with Gasteiger partial charge in [-0.25, -0.2) is 13.9 Å². The molecule has 0 bridgehead atoms. The Hall–Kier alpha value is -3.36. The van der Waals surface area contributed by atoms with Gasteiger partial charge < -0.3 is 50.2 Å². The first-order chi connectivity index (χ1) is 34.8. The fourth-order valence-electron chi connectivity index (χ4n) is 7.63. The molecule has 8 N–H and O–H groups in total. The van der Waals surface area contributed by atoms with Crippen LogP contribution in [0.2, 0.25) is 0 Å². The lowest BCUT2D eigenvalue weighted by molar-refractivity contribution is -0.161. The molecular weight excluding hydrogens is 989 g/mol. The number of ether oxygens (including phenoxy) is 3. The number of phosphoric acid groups is 2. The van der Waals surface area contributed by atoms with Crippen molar-refractivity contribution in [2.75, 3.05) is 25.6 Å². The van der Waals surface area contributed by atoms with Gasteiger partial charge in [0.15, 0.2) is 12.3 Å². The minimum absolute atomic E-state index is 0.0752. The monoisotopic (exact) mass is 1080 g/mol. The van der Waals surface area contributed by atoms with Gasteiger partial charge in [0.2, 0.25) is 0 Å². The molecule has 1 aliphatic rings. The predicted octanol–water partition coefficient (Wildman–Crippen LogP) is 8.75. The number of phosphoric ester groups is 2. The molecule has 0 amide bonds. The molecule has 1 aliphatic heterocycles. The summed E-state index contributed by atoms with van der Waals surface area (Å²) in [5.74, 6) is -0.774. The van der Waals surface area contributed by atoms with Crippen LogP contribution in [-0.4, -0.2) is 108 Å². The van der Waals surface area contributed by atoms with E-state index in [-0.39, 0.29) is 31.5 Å². The van der Waals surface area contributed by atoms with Gasteiger partial charge in [0.1, 0.15) is 30.7 Å². The highest BCUT2D eigenvalue weighted by molar-refractivity contribution is 7.61. The SMILES string of the molecule is CCCCC/C=C\C[C@H](O)/C=C/C=C/C=C\[C@H](O)CCCC(=O)O[C@H](COC(=O)CCCCCCCCCCCCCCCC(C)C)COP(=O)(O)OP(=O)(O)OC[C@H]1O[C@@H](n2ccc(N)nc2=O)[C@H](O)[C@@H]1O. The van der Waals surface area contributed by atoms with Crippen LogP contribution in [0.4, 0.5) is 5.82 Å². The van der Waals surface area contributed by atoms with Crippen molar-refractivity contribution in [1.29, 1.82) is 0 Å². The highest BCUT2D eigenvalue weighted by Crippen LogP contribution is 2.60. The molecule has 9 atom stereocenters. The first-order valence-corrected chi connectivity index (χ1v) is 29.2. The summed E-state index contributed by atoms with van der Waals surface area (Å²) in [6, 6.07) is 1.23. The molecule has 1 aromatic heterocycles. The molecule has 1 saturated heterocycles. The number of unbranched alkanes of at least 4 members (excludes halogenated alkanes) is 15. The minimum atomic E-state index is -5.49. The van der Waals surface area contributed by atoms with Crippen LogP contribution in [0.25, 0.3) is 0 Å². The van der Waals surface area contributed by atoms with Crippen LogP contribution in [0, 0.1) is 5.92 Å². The summed E-state index contributed by atoms with van der Waals surface area (Å²) < 4.78 is 56.6. The number of aliphatic hydroxyl groups excluding tert-OH is 4. The van der Waals surface area contributed by atoms with Crippen LogP contribution < -0.4 is 11.4 Å². The fourth-order valence-corrected chi connectivity index (χ4v) is 9.74.